The molecular formula is C13H13N5O. The van der Waals surface area contributed by atoms with Crippen LogP contribution in [0.25, 0.3) is 0 Å². The third-order valence-corrected chi connectivity index (χ3v) is 2.78. The smallest absolute Gasteiger partial charge is 0.276 e. The van der Waals surface area contributed by atoms with Crippen LogP contribution in [0.3, 0.4) is 0 Å². The average Bonchev–Trinajstić information content (AvgIpc) is 2.64. The van der Waals surface area contributed by atoms with Crippen molar-refractivity contribution in [3.8, 4) is 6.07 Å². The second kappa shape index (κ2) is 4.82. The number of carbonyl (C=O) groups excluding carboxylic acids is 1. The highest BCUT2D eigenvalue weighted by molar-refractivity contribution is 6.07. The van der Waals surface area contributed by atoms with E-state index in [0.29, 0.717) is 22.6 Å². The second-order valence-corrected chi connectivity index (χ2v) is 4.08. The number of anilines is 2. The first-order chi connectivity index (χ1) is 9.04. The van der Waals surface area contributed by atoms with E-state index in [0.717, 1.165) is 0 Å². The highest BCUT2D eigenvalue weighted by Crippen LogP contribution is 2.19. The Kier molecular flexibility index (Phi) is 3.21. The van der Waals surface area contributed by atoms with E-state index in [2.05, 4.69) is 10.4 Å². The summed E-state index contributed by atoms with van der Waals surface area (Å²) >= 11 is 0. The first kappa shape index (κ1) is 12.6. The number of aromatic nitrogens is 2. The van der Waals surface area contributed by atoms with Gasteiger partial charge in [0.05, 0.1) is 22.6 Å². The van der Waals surface area contributed by atoms with Crippen LogP contribution in [0, 0.1) is 18.3 Å². The van der Waals surface area contributed by atoms with E-state index in [-0.39, 0.29) is 11.6 Å². The summed E-state index contributed by atoms with van der Waals surface area (Å²) in [7, 11) is 1.65. The number of hydrogen-bond donors (Lipinski definition) is 2. The predicted octanol–water partition coefficient (Wildman–Crippen LogP) is 1.43. The Balaban J connectivity index is 2.34. The van der Waals surface area contributed by atoms with E-state index < -0.39 is 0 Å². The normalized spacial score (nSPS) is 9.95. The molecule has 1 aromatic carbocycles. The van der Waals surface area contributed by atoms with Crippen LogP contribution in [0.15, 0.2) is 24.3 Å². The number of rotatable bonds is 2. The molecule has 1 aromatic heterocycles. The van der Waals surface area contributed by atoms with Crippen molar-refractivity contribution in [2.45, 2.75) is 6.92 Å². The van der Waals surface area contributed by atoms with Crippen molar-refractivity contribution in [3.63, 3.8) is 0 Å². The zero-order chi connectivity index (χ0) is 14.0. The lowest BCUT2D eigenvalue weighted by Crippen LogP contribution is -2.18. The first-order valence-electron chi connectivity index (χ1n) is 5.64. The van der Waals surface area contributed by atoms with Gasteiger partial charge in [-0.2, -0.15) is 10.4 Å². The van der Waals surface area contributed by atoms with Crippen LogP contribution in [0.2, 0.25) is 0 Å². The van der Waals surface area contributed by atoms with Crippen LogP contribution < -0.4 is 11.1 Å². The number of nitrogens with zero attached hydrogens (tertiary/aromatic N) is 3. The maximum atomic E-state index is 12.2. The van der Waals surface area contributed by atoms with Gasteiger partial charge < -0.3 is 11.1 Å². The molecule has 0 saturated carbocycles. The predicted molar refractivity (Wildman–Crippen MR) is 71.5 cm³/mol. The van der Waals surface area contributed by atoms with Crippen LogP contribution in [0.1, 0.15) is 21.7 Å². The monoisotopic (exact) mass is 255 g/mol. The highest BCUT2D eigenvalue weighted by Gasteiger charge is 2.18. The number of aryl methyl sites for hydroxylation is 2. The Morgan fingerprint density at radius 2 is 2.16 bits per heavy atom. The van der Waals surface area contributed by atoms with Gasteiger partial charge >= 0.3 is 0 Å². The summed E-state index contributed by atoms with van der Waals surface area (Å²) in [6.07, 6.45) is 0. The van der Waals surface area contributed by atoms with Gasteiger partial charge in [-0.25, -0.2) is 0 Å². The molecule has 2 rings (SSSR count). The molecule has 1 heterocycles. The number of nitriles is 1. The van der Waals surface area contributed by atoms with E-state index in [1.807, 2.05) is 6.07 Å². The van der Waals surface area contributed by atoms with Gasteiger partial charge in [0, 0.05) is 7.05 Å². The maximum absolute atomic E-state index is 12.2. The molecule has 6 heteroatoms. The van der Waals surface area contributed by atoms with Gasteiger partial charge in [-0.1, -0.05) is 12.1 Å². The molecule has 0 spiro atoms. The van der Waals surface area contributed by atoms with Gasteiger partial charge in [0.15, 0.2) is 0 Å². The zero-order valence-corrected chi connectivity index (χ0v) is 10.6. The van der Waals surface area contributed by atoms with Crippen molar-refractivity contribution in [1.29, 1.82) is 5.26 Å². The molecule has 0 atom stereocenters. The van der Waals surface area contributed by atoms with Gasteiger partial charge in [-0.15, -0.1) is 0 Å². The maximum Gasteiger partial charge on any atom is 0.276 e. The molecule has 0 aliphatic rings. The SMILES string of the molecule is Cc1nn(C)c(C(=O)Nc2ccccc2C#N)c1N. The Morgan fingerprint density at radius 3 is 2.74 bits per heavy atom. The lowest BCUT2D eigenvalue weighted by atomic mass is 10.2. The summed E-state index contributed by atoms with van der Waals surface area (Å²) in [5.41, 5.74) is 7.89. The molecule has 3 N–H and O–H groups in total. The van der Waals surface area contributed by atoms with Crippen LogP contribution in [0.4, 0.5) is 11.4 Å². The third-order valence-electron chi connectivity index (χ3n) is 2.78. The summed E-state index contributed by atoms with van der Waals surface area (Å²) in [4.78, 5) is 12.2. The van der Waals surface area contributed by atoms with Crippen LogP contribution in [-0.4, -0.2) is 15.7 Å². The molecule has 19 heavy (non-hydrogen) atoms. The quantitative estimate of drug-likeness (QED) is 0.848. The third kappa shape index (κ3) is 2.26. The molecular weight excluding hydrogens is 242 g/mol. The fourth-order valence-corrected chi connectivity index (χ4v) is 1.81. The molecule has 0 aliphatic carbocycles. The van der Waals surface area contributed by atoms with Crippen molar-refractivity contribution in [2.24, 2.45) is 7.05 Å². The lowest BCUT2D eigenvalue weighted by molar-refractivity contribution is 0.101. The van der Waals surface area contributed by atoms with Crippen molar-refractivity contribution < 1.29 is 4.79 Å². The molecule has 1 amide bonds. The summed E-state index contributed by atoms with van der Waals surface area (Å²) in [6.45, 7) is 1.73. The molecule has 96 valence electrons. The van der Waals surface area contributed by atoms with Gasteiger partial charge in [0.25, 0.3) is 5.91 Å². The van der Waals surface area contributed by atoms with Crippen molar-refractivity contribution in [3.05, 3.63) is 41.2 Å². The second-order valence-electron chi connectivity index (χ2n) is 4.08. The zero-order valence-electron chi connectivity index (χ0n) is 10.6. The largest absolute Gasteiger partial charge is 0.395 e. The molecule has 0 bridgehead atoms. The van der Waals surface area contributed by atoms with Gasteiger partial charge in [0.1, 0.15) is 11.8 Å². The summed E-state index contributed by atoms with van der Waals surface area (Å²) in [5, 5.41) is 15.7. The molecule has 0 unspecified atom stereocenters. The number of benzene rings is 1. The summed E-state index contributed by atoms with van der Waals surface area (Å²) in [6, 6.07) is 8.79. The van der Waals surface area contributed by atoms with Crippen LogP contribution in [0.5, 0.6) is 0 Å². The minimum atomic E-state index is -0.386. The van der Waals surface area contributed by atoms with Crippen molar-refractivity contribution in [2.75, 3.05) is 11.1 Å². The van der Waals surface area contributed by atoms with Crippen molar-refractivity contribution >= 4 is 17.3 Å². The first-order valence-corrected chi connectivity index (χ1v) is 5.64. The van der Waals surface area contributed by atoms with E-state index >= 15 is 0 Å². The van der Waals surface area contributed by atoms with E-state index in [9.17, 15) is 4.79 Å². The summed E-state index contributed by atoms with van der Waals surface area (Å²) in [5.74, 6) is -0.386. The fourth-order valence-electron chi connectivity index (χ4n) is 1.81. The Hall–Kier alpha value is -2.81. The number of nitrogens with one attached hydrogen (secondary N) is 1. The average molecular weight is 255 g/mol. The Morgan fingerprint density at radius 1 is 1.47 bits per heavy atom. The molecule has 0 radical (unpaired) electrons. The van der Waals surface area contributed by atoms with Crippen LogP contribution in [-0.2, 0) is 7.05 Å². The highest BCUT2D eigenvalue weighted by atomic mass is 16.2. The Labute approximate surface area is 110 Å². The number of para-hydroxylation sites is 1. The van der Waals surface area contributed by atoms with E-state index in [4.69, 9.17) is 11.0 Å². The molecule has 6 nitrogen and oxygen atoms in total. The molecule has 2 aromatic rings. The number of carbonyl (C=O) groups is 1. The topological polar surface area (TPSA) is 96.7 Å². The number of nitrogen functional groups attached to an aromatic ring is 1. The van der Waals surface area contributed by atoms with E-state index in [1.54, 1.807) is 38.2 Å². The van der Waals surface area contributed by atoms with Gasteiger partial charge in [-0.3, -0.25) is 9.48 Å². The van der Waals surface area contributed by atoms with Crippen molar-refractivity contribution in [1.82, 2.24) is 9.78 Å². The minimum Gasteiger partial charge on any atom is -0.395 e. The lowest BCUT2D eigenvalue weighted by Gasteiger charge is -2.07. The van der Waals surface area contributed by atoms with Gasteiger partial charge in [-0.05, 0) is 19.1 Å². The van der Waals surface area contributed by atoms with Crippen LogP contribution >= 0.6 is 0 Å². The number of nitrogens with two attached hydrogens (primary N) is 1. The fraction of sp³-hybridized carbons (Fsp3) is 0.154. The number of amides is 1. The standard InChI is InChI=1S/C13H13N5O/c1-8-11(15)12(18(2)17-8)13(19)16-10-6-4-3-5-9(10)7-14/h3-6H,15H2,1-2H3,(H,16,19). The molecule has 0 saturated heterocycles. The summed E-state index contributed by atoms with van der Waals surface area (Å²) < 4.78 is 1.43. The number of hydrogen-bond acceptors (Lipinski definition) is 4. The Bertz CT molecular complexity index is 681. The molecule has 0 aliphatic heterocycles. The van der Waals surface area contributed by atoms with Gasteiger partial charge in [0.2, 0.25) is 0 Å². The minimum absolute atomic E-state index is 0.283. The molecule has 0 fully saturated rings. The van der Waals surface area contributed by atoms with E-state index in [1.165, 1.54) is 4.68 Å².